The first kappa shape index (κ1) is 50.9. The van der Waals surface area contributed by atoms with Crippen LogP contribution >= 0.6 is 0 Å². The lowest BCUT2D eigenvalue weighted by atomic mass is 9.99. The third-order valence-corrected chi connectivity index (χ3v) is 11.1. The Morgan fingerprint density at radius 2 is 1.04 bits per heavy atom. The summed E-state index contributed by atoms with van der Waals surface area (Å²) >= 11 is 0. The van der Waals surface area contributed by atoms with Gasteiger partial charge in [-0.2, -0.15) is 0 Å². The number of rotatable bonds is 38. The van der Waals surface area contributed by atoms with E-state index >= 15 is 0 Å². The molecule has 1 aliphatic heterocycles. The van der Waals surface area contributed by atoms with E-state index in [9.17, 15) is 30.3 Å². The largest absolute Gasteiger partial charge is 0.394 e. The van der Waals surface area contributed by atoms with Crippen LogP contribution in [0, 0.1) is 0 Å². The van der Waals surface area contributed by atoms with Crippen molar-refractivity contribution in [1.82, 2.24) is 5.32 Å². The van der Waals surface area contributed by atoms with Gasteiger partial charge in [0.05, 0.1) is 25.4 Å². The molecule has 0 aromatic carbocycles. The molecule has 1 fully saturated rings. The van der Waals surface area contributed by atoms with Gasteiger partial charge in [-0.25, -0.2) is 0 Å². The Morgan fingerprint density at radius 1 is 0.611 bits per heavy atom. The predicted molar refractivity (Wildman–Crippen MR) is 221 cm³/mol. The molecular formula is C45H87NO8. The van der Waals surface area contributed by atoms with Gasteiger partial charge in [0.1, 0.15) is 24.4 Å². The SMILES string of the molecule is CCCCCCCCCC/C=C\CCCCCCCCCCCCCCCC(=O)NC(COC1OC(CO)C(O)C(O)C1O)C(O)CCCCCCCC. The van der Waals surface area contributed by atoms with E-state index in [-0.39, 0.29) is 12.5 Å². The van der Waals surface area contributed by atoms with E-state index in [1.807, 2.05) is 0 Å². The van der Waals surface area contributed by atoms with Gasteiger partial charge in [0.25, 0.3) is 0 Å². The maximum absolute atomic E-state index is 12.9. The van der Waals surface area contributed by atoms with Gasteiger partial charge in [0.15, 0.2) is 6.29 Å². The van der Waals surface area contributed by atoms with E-state index < -0.39 is 49.5 Å². The average Bonchev–Trinajstić information content (AvgIpc) is 3.17. The van der Waals surface area contributed by atoms with Crippen molar-refractivity contribution >= 4 is 5.91 Å². The monoisotopic (exact) mass is 770 g/mol. The summed E-state index contributed by atoms with van der Waals surface area (Å²) < 4.78 is 11.2. The second-order valence-corrected chi connectivity index (χ2v) is 16.2. The molecule has 0 aliphatic carbocycles. The fourth-order valence-electron chi connectivity index (χ4n) is 7.39. The highest BCUT2D eigenvalue weighted by Gasteiger charge is 2.44. The number of amides is 1. The molecule has 0 saturated carbocycles. The number of allylic oxidation sites excluding steroid dienone is 2. The fraction of sp³-hybridized carbons (Fsp3) is 0.933. The third kappa shape index (κ3) is 26.7. The average molecular weight is 770 g/mol. The molecule has 0 radical (unpaired) electrons. The minimum absolute atomic E-state index is 0.136. The van der Waals surface area contributed by atoms with Gasteiger partial charge in [0, 0.05) is 6.42 Å². The van der Waals surface area contributed by atoms with Crippen LogP contribution in [0.25, 0.3) is 0 Å². The molecule has 0 aromatic heterocycles. The molecule has 0 bridgehead atoms. The van der Waals surface area contributed by atoms with Crippen LogP contribution in [0.1, 0.15) is 213 Å². The summed E-state index contributed by atoms with van der Waals surface area (Å²) in [6, 6.07) is -0.711. The fourth-order valence-corrected chi connectivity index (χ4v) is 7.39. The molecule has 0 aromatic rings. The van der Waals surface area contributed by atoms with E-state index in [2.05, 4.69) is 31.3 Å². The van der Waals surface area contributed by atoms with Crippen LogP contribution in [-0.4, -0.2) is 87.5 Å². The van der Waals surface area contributed by atoms with E-state index in [0.29, 0.717) is 12.8 Å². The van der Waals surface area contributed by atoms with Gasteiger partial charge < -0.3 is 40.3 Å². The molecule has 320 valence electrons. The van der Waals surface area contributed by atoms with Crippen molar-refractivity contribution in [1.29, 1.82) is 0 Å². The number of nitrogens with one attached hydrogen (secondary N) is 1. The summed E-state index contributed by atoms with van der Waals surface area (Å²) in [5.41, 5.74) is 0. The van der Waals surface area contributed by atoms with Crippen molar-refractivity contribution in [2.24, 2.45) is 0 Å². The Bertz CT molecular complexity index is 858. The van der Waals surface area contributed by atoms with Gasteiger partial charge in [-0.15, -0.1) is 0 Å². The van der Waals surface area contributed by atoms with Crippen molar-refractivity contribution < 1.29 is 39.8 Å². The van der Waals surface area contributed by atoms with Crippen LogP contribution in [0.3, 0.4) is 0 Å². The molecule has 7 unspecified atom stereocenters. The van der Waals surface area contributed by atoms with Crippen LogP contribution in [0.15, 0.2) is 12.2 Å². The summed E-state index contributed by atoms with van der Waals surface area (Å²) in [7, 11) is 0. The second kappa shape index (κ2) is 36.3. The molecule has 1 amide bonds. The number of hydrogen-bond acceptors (Lipinski definition) is 8. The molecular weight excluding hydrogens is 682 g/mol. The van der Waals surface area contributed by atoms with Gasteiger partial charge in [0.2, 0.25) is 5.91 Å². The summed E-state index contributed by atoms with van der Waals surface area (Å²) in [4.78, 5) is 12.9. The Kier molecular flexibility index (Phi) is 34.2. The van der Waals surface area contributed by atoms with Gasteiger partial charge in [-0.1, -0.05) is 180 Å². The lowest BCUT2D eigenvalue weighted by molar-refractivity contribution is -0.302. The van der Waals surface area contributed by atoms with E-state index in [0.717, 1.165) is 38.5 Å². The number of ether oxygens (including phenoxy) is 2. The number of hydrogen-bond donors (Lipinski definition) is 6. The van der Waals surface area contributed by atoms with Crippen molar-refractivity contribution in [2.45, 2.75) is 256 Å². The summed E-state index contributed by atoms with van der Waals surface area (Å²) in [5, 5.41) is 53.9. The van der Waals surface area contributed by atoms with Crippen LogP contribution in [0.5, 0.6) is 0 Å². The summed E-state index contributed by atoms with van der Waals surface area (Å²) in [5.74, 6) is -0.148. The first-order valence-electron chi connectivity index (χ1n) is 22.9. The predicted octanol–water partition coefficient (Wildman–Crippen LogP) is 9.34. The molecule has 1 saturated heterocycles. The zero-order valence-electron chi connectivity index (χ0n) is 35.0. The van der Waals surface area contributed by atoms with E-state index in [1.54, 1.807) is 0 Å². The molecule has 54 heavy (non-hydrogen) atoms. The summed E-state index contributed by atoms with van der Waals surface area (Å²) in [6.07, 6.45) is 34.1. The zero-order chi connectivity index (χ0) is 39.5. The smallest absolute Gasteiger partial charge is 0.220 e. The normalized spacial score (nSPS) is 21.5. The van der Waals surface area contributed by atoms with Crippen LogP contribution < -0.4 is 5.32 Å². The van der Waals surface area contributed by atoms with Gasteiger partial charge in [-0.3, -0.25) is 4.79 Å². The third-order valence-electron chi connectivity index (χ3n) is 11.1. The first-order chi connectivity index (χ1) is 26.3. The minimum Gasteiger partial charge on any atom is -0.394 e. The Hall–Kier alpha value is -1.07. The molecule has 7 atom stereocenters. The van der Waals surface area contributed by atoms with Crippen molar-refractivity contribution in [3.8, 4) is 0 Å². The highest BCUT2D eigenvalue weighted by atomic mass is 16.7. The Morgan fingerprint density at radius 3 is 1.50 bits per heavy atom. The standard InChI is InChI=1S/C45H87NO8/c1-3-5-7-9-11-12-13-14-15-16-17-18-19-20-21-22-23-24-25-26-27-28-29-31-33-35-41(49)46-38(39(48)34-32-30-10-8-6-4-2)37-53-45-44(52)43(51)42(50)40(36-47)54-45/h16-17,38-40,42-45,47-48,50-52H,3-15,18-37H2,1-2H3,(H,46,49)/b17-16-. The highest BCUT2D eigenvalue weighted by Crippen LogP contribution is 2.23. The number of aliphatic hydroxyl groups is 5. The van der Waals surface area contributed by atoms with Gasteiger partial charge >= 0.3 is 0 Å². The van der Waals surface area contributed by atoms with Gasteiger partial charge in [-0.05, 0) is 38.5 Å². The second-order valence-electron chi connectivity index (χ2n) is 16.2. The van der Waals surface area contributed by atoms with Crippen LogP contribution in [-0.2, 0) is 14.3 Å². The van der Waals surface area contributed by atoms with Crippen molar-refractivity contribution in [3.05, 3.63) is 12.2 Å². The Labute approximate surface area is 331 Å². The summed E-state index contributed by atoms with van der Waals surface area (Å²) in [6.45, 7) is 3.77. The topological polar surface area (TPSA) is 149 Å². The molecule has 1 aliphatic rings. The molecule has 1 heterocycles. The number of carbonyl (C=O) groups is 1. The molecule has 1 rings (SSSR count). The molecule has 0 spiro atoms. The van der Waals surface area contributed by atoms with E-state index in [4.69, 9.17) is 9.47 Å². The Balaban J connectivity index is 2.13. The van der Waals surface area contributed by atoms with Crippen LogP contribution in [0.4, 0.5) is 0 Å². The molecule has 9 nitrogen and oxygen atoms in total. The van der Waals surface area contributed by atoms with Crippen LogP contribution in [0.2, 0.25) is 0 Å². The number of aliphatic hydroxyl groups excluding tert-OH is 5. The number of unbranched alkanes of at least 4 members (excludes halogenated alkanes) is 26. The molecule has 9 heteroatoms. The lowest BCUT2D eigenvalue weighted by Gasteiger charge is -2.40. The first-order valence-corrected chi connectivity index (χ1v) is 22.9. The number of carbonyl (C=O) groups excluding carboxylic acids is 1. The van der Waals surface area contributed by atoms with E-state index in [1.165, 1.54) is 148 Å². The highest BCUT2D eigenvalue weighted by molar-refractivity contribution is 5.76. The maximum atomic E-state index is 12.9. The van der Waals surface area contributed by atoms with Crippen molar-refractivity contribution in [2.75, 3.05) is 13.2 Å². The molecule has 6 N–H and O–H groups in total. The maximum Gasteiger partial charge on any atom is 0.220 e. The van der Waals surface area contributed by atoms with Crippen molar-refractivity contribution in [3.63, 3.8) is 0 Å². The quantitative estimate of drug-likeness (QED) is 0.0269. The minimum atomic E-state index is -1.55. The lowest BCUT2D eigenvalue weighted by Crippen LogP contribution is -2.60. The zero-order valence-corrected chi connectivity index (χ0v) is 35.0.